The first-order valence-corrected chi connectivity index (χ1v) is 21.7. The molecule has 0 bridgehead atoms. The van der Waals surface area contributed by atoms with Crippen molar-refractivity contribution >= 4 is 71.3 Å². The smallest absolute Gasteiger partial charge is 0.135 e. The maximum atomic E-state index is 6.19. The average Bonchev–Trinajstić information content (AvgIpc) is 3.88. The Morgan fingerprint density at radius 1 is 0.286 bits per heavy atom. The van der Waals surface area contributed by atoms with Gasteiger partial charge in [0, 0.05) is 27.8 Å². The Balaban J connectivity index is 1.04. The van der Waals surface area contributed by atoms with Crippen molar-refractivity contribution in [2.75, 3.05) is 4.90 Å². The Kier molecular flexibility index (Phi) is 7.85. The van der Waals surface area contributed by atoms with Gasteiger partial charge in [0.05, 0.1) is 5.41 Å². The lowest BCUT2D eigenvalue weighted by molar-refractivity contribution is 0.669. The number of hydrogen-bond donors (Lipinski definition) is 0. The van der Waals surface area contributed by atoms with Gasteiger partial charge in [-0.1, -0.05) is 182 Å². The number of para-hydroxylation sites is 1. The van der Waals surface area contributed by atoms with Gasteiger partial charge in [0.2, 0.25) is 0 Å². The molecule has 294 valence electrons. The molecule has 0 saturated heterocycles. The van der Waals surface area contributed by atoms with E-state index in [9.17, 15) is 0 Å². The fourth-order valence-corrected chi connectivity index (χ4v) is 10.8. The topological polar surface area (TPSA) is 16.4 Å². The second-order valence-corrected chi connectivity index (χ2v) is 16.8. The SMILES string of the molecule is c1ccc(C2(c3ccccc3)c3ccccc3-c3ccc(N(c4ccc(-c5ccc6oc7ccccc7c6c5)cc4)c4ccc5c6ccccc6c6ccccc6c5c4)cc32)cc1. The third-order valence-corrected chi connectivity index (χ3v) is 13.5. The van der Waals surface area contributed by atoms with Crippen molar-refractivity contribution in [1.82, 2.24) is 0 Å². The summed E-state index contributed by atoms with van der Waals surface area (Å²) in [5.74, 6) is 0. The van der Waals surface area contributed by atoms with Gasteiger partial charge in [-0.25, -0.2) is 0 Å². The number of nitrogens with zero attached hydrogens (tertiary/aromatic N) is 1. The standard InChI is InChI=1S/C61H39NO/c1-3-15-42(16-4-1)61(43-17-5-2-6-18-43)57-25-13-11-23-52(57)53-35-33-46(39-58(53)61)62(45-32-34-51-49-21-8-7-19-47(49)48-20-9-10-22-50(48)55(51)38-45)44-30-27-40(28-31-44)41-29-36-60-56(37-41)54-24-12-14-26-59(54)63-60/h1-39H. The Morgan fingerprint density at radius 2 is 0.778 bits per heavy atom. The number of benzene rings is 11. The van der Waals surface area contributed by atoms with Crippen LogP contribution in [0.15, 0.2) is 241 Å². The number of furan rings is 1. The zero-order chi connectivity index (χ0) is 41.5. The molecule has 63 heavy (non-hydrogen) atoms. The Labute approximate surface area is 365 Å². The molecule has 2 heteroatoms. The minimum Gasteiger partial charge on any atom is -0.456 e. The van der Waals surface area contributed by atoms with E-state index in [1.54, 1.807) is 0 Å². The van der Waals surface area contributed by atoms with Gasteiger partial charge in [-0.3, -0.25) is 0 Å². The molecule has 0 spiro atoms. The number of rotatable bonds is 6. The first kappa shape index (κ1) is 35.5. The zero-order valence-electron chi connectivity index (χ0n) is 34.4. The molecule has 0 aliphatic heterocycles. The lowest BCUT2D eigenvalue weighted by Crippen LogP contribution is -2.28. The maximum absolute atomic E-state index is 6.19. The fourth-order valence-electron chi connectivity index (χ4n) is 10.8. The summed E-state index contributed by atoms with van der Waals surface area (Å²) in [6, 6.07) is 86.8. The first-order chi connectivity index (χ1) is 31.2. The summed E-state index contributed by atoms with van der Waals surface area (Å²) < 4.78 is 6.19. The Hall–Kier alpha value is -8.20. The lowest BCUT2D eigenvalue weighted by atomic mass is 9.67. The lowest BCUT2D eigenvalue weighted by Gasteiger charge is -2.35. The van der Waals surface area contributed by atoms with Crippen LogP contribution in [0, 0.1) is 0 Å². The van der Waals surface area contributed by atoms with Gasteiger partial charge in [0.15, 0.2) is 0 Å². The van der Waals surface area contributed by atoms with E-state index in [0.717, 1.165) is 50.1 Å². The molecule has 0 unspecified atom stereocenters. The minimum atomic E-state index is -0.519. The summed E-state index contributed by atoms with van der Waals surface area (Å²) in [7, 11) is 0. The number of fused-ring (bicyclic) bond motifs is 12. The largest absolute Gasteiger partial charge is 0.456 e. The van der Waals surface area contributed by atoms with Gasteiger partial charge in [-0.15, -0.1) is 0 Å². The number of hydrogen-bond acceptors (Lipinski definition) is 2. The molecule has 1 aliphatic carbocycles. The van der Waals surface area contributed by atoms with Gasteiger partial charge in [0.1, 0.15) is 11.2 Å². The van der Waals surface area contributed by atoms with Crippen LogP contribution >= 0.6 is 0 Å². The molecule has 0 N–H and O–H groups in total. The molecule has 0 atom stereocenters. The van der Waals surface area contributed by atoms with E-state index in [1.807, 2.05) is 12.1 Å². The van der Waals surface area contributed by atoms with Crippen LogP contribution in [-0.4, -0.2) is 0 Å². The van der Waals surface area contributed by atoms with Crippen molar-refractivity contribution < 1.29 is 4.42 Å². The molecule has 1 aromatic heterocycles. The van der Waals surface area contributed by atoms with Crippen molar-refractivity contribution in [3.63, 3.8) is 0 Å². The predicted octanol–water partition coefficient (Wildman–Crippen LogP) is 16.5. The van der Waals surface area contributed by atoms with Gasteiger partial charge in [-0.05, 0) is 131 Å². The molecule has 11 aromatic carbocycles. The summed E-state index contributed by atoms with van der Waals surface area (Å²) >= 11 is 0. The van der Waals surface area contributed by atoms with E-state index in [2.05, 4.69) is 229 Å². The van der Waals surface area contributed by atoms with E-state index in [0.29, 0.717) is 0 Å². The molecule has 0 radical (unpaired) electrons. The molecule has 1 heterocycles. The summed E-state index contributed by atoms with van der Waals surface area (Å²) in [6.07, 6.45) is 0. The second-order valence-electron chi connectivity index (χ2n) is 16.8. The first-order valence-electron chi connectivity index (χ1n) is 21.7. The summed E-state index contributed by atoms with van der Waals surface area (Å²) in [4.78, 5) is 2.45. The molecule has 13 rings (SSSR count). The highest BCUT2D eigenvalue weighted by Gasteiger charge is 2.46. The zero-order valence-corrected chi connectivity index (χ0v) is 34.4. The third-order valence-electron chi connectivity index (χ3n) is 13.5. The van der Waals surface area contributed by atoms with Crippen molar-refractivity contribution in [3.05, 3.63) is 259 Å². The average molecular weight is 802 g/mol. The Morgan fingerprint density at radius 3 is 1.48 bits per heavy atom. The van der Waals surface area contributed by atoms with Crippen molar-refractivity contribution in [1.29, 1.82) is 0 Å². The van der Waals surface area contributed by atoms with E-state index in [1.165, 1.54) is 65.7 Å². The van der Waals surface area contributed by atoms with E-state index >= 15 is 0 Å². The fraction of sp³-hybridized carbons (Fsp3) is 0.0164. The molecule has 0 amide bonds. The van der Waals surface area contributed by atoms with Crippen molar-refractivity contribution in [2.45, 2.75) is 5.41 Å². The predicted molar refractivity (Wildman–Crippen MR) is 264 cm³/mol. The van der Waals surface area contributed by atoms with Crippen LogP contribution < -0.4 is 4.90 Å². The van der Waals surface area contributed by atoms with Crippen LogP contribution in [0.2, 0.25) is 0 Å². The van der Waals surface area contributed by atoms with Crippen LogP contribution in [0.5, 0.6) is 0 Å². The van der Waals surface area contributed by atoms with Crippen LogP contribution in [0.1, 0.15) is 22.3 Å². The molecule has 2 nitrogen and oxygen atoms in total. The van der Waals surface area contributed by atoms with Gasteiger partial charge in [0.25, 0.3) is 0 Å². The summed E-state index contributed by atoms with van der Waals surface area (Å²) in [5, 5.41) is 9.81. The van der Waals surface area contributed by atoms with Crippen LogP contribution in [-0.2, 0) is 5.41 Å². The van der Waals surface area contributed by atoms with Crippen LogP contribution in [0.4, 0.5) is 17.1 Å². The Bertz CT molecular complexity index is 3660. The highest BCUT2D eigenvalue weighted by atomic mass is 16.3. The summed E-state index contributed by atoms with van der Waals surface area (Å²) in [5.41, 5.74) is 14.5. The van der Waals surface area contributed by atoms with Gasteiger partial charge < -0.3 is 9.32 Å². The van der Waals surface area contributed by atoms with Gasteiger partial charge >= 0.3 is 0 Å². The monoisotopic (exact) mass is 801 g/mol. The second kappa shape index (κ2) is 13.9. The minimum absolute atomic E-state index is 0.519. The molecular formula is C61H39NO. The molecule has 1 aliphatic rings. The molecule has 12 aromatic rings. The number of anilines is 3. The maximum Gasteiger partial charge on any atom is 0.135 e. The summed E-state index contributed by atoms with van der Waals surface area (Å²) in [6.45, 7) is 0. The molecule has 0 saturated carbocycles. The quantitative estimate of drug-likeness (QED) is 0.156. The third kappa shape index (κ3) is 5.32. The highest BCUT2D eigenvalue weighted by Crippen LogP contribution is 2.57. The van der Waals surface area contributed by atoms with Crippen LogP contribution in [0.25, 0.3) is 76.5 Å². The highest BCUT2D eigenvalue weighted by molar-refractivity contribution is 6.25. The van der Waals surface area contributed by atoms with E-state index < -0.39 is 5.41 Å². The van der Waals surface area contributed by atoms with Crippen molar-refractivity contribution in [2.24, 2.45) is 0 Å². The van der Waals surface area contributed by atoms with E-state index in [4.69, 9.17) is 4.42 Å². The van der Waals surface area contributed by atoms with Crippen LogP contribution in [0.3, 0.4) is 0 Å². The van der Waals surface area contributed by atoms with Gasteiger partial charge in [-0.2, -0.15) is 0 Å². The normalized spacial score (nSPS) is 12.9. The van der Waals surface area contributed by atoms with Crippen molar-refractivity contribution in [3.8, 4) is 22.3 Å². The molecular weight excluding hydrogens is 763 g/mol. The van der Waals surface area contributed by atoms with E-state index in [-0.39, 0.29) is 0 Å². The molecule has 0 fully saturated rings.